The Bertz CT molecular complexity index is 680. The lowest BCUT2D eigenvalue weighted by atomic mass is 10.2. The molecule has 1 aliphatic heterocycles. The Balaban J connectivity index is 1.66. The lowest BCUT2D eigenvalue weighted by molar-refractivity contribution is -0.125. The van der Waals surface area contributed by atoms with Gasteiger partial charge in [-0.3, -0.25) is 4.79 Å². The predicted octanol–water partition coefficient (Wildman–Crippen LogP) is 1.81. The van der Waals surface area contributed by atoms with Crippen molar-refractivity contribution in [3.8, 4) is 11.4 Å². The number of benzene rings is 1. The van der Waals surface area contributed by atoms with Crippen molar-refractivity contribution in [3.05, 3.63) is 29.3 Å². The largest absolute Gasteiger partial charge is 0.353 e. The minimum Gasteiger partial charge on any atom is -0.353 e. The van der Waals surface area contributed by atoms with Crippen LogP contribution in [0, 0.1) is 0 Å². The van der Waals surface area contributed by atoms with Crippen LogP contribution in [0.2, 0.25) is 5.02 Å². The zero-order valence-corrected chi connectivity index (χ0v) is 14.3. The number of halogens is 1. The molecule has 3 rings (SSSR count). The Labute approximate surface area is 145 Å². The number of nitrogens with zero attached hydrogens (tertiary/aromatic N) is 4. The average Bonchev–Trinajstić information content (AvgIpc) is 3.26. The van der Waals surface area contributed by atoms with Gasteiger partial charge >= 0.3 is 0 Å². The molecule has 2 atom stereocenters. The van der Waals surface area contributed by atoms with Crippen LogP contribution in [-0.2, 0) is 4.79 Å². The second-order valence-electron chi connectivity index (χ2n) is 5.90. The molecule has 24 heavy (non-hydrogen) atoms. The van der Waals surface area contributed by atoms with Crippen molar-refractivity contribution in [1.82, 2.24) is 30.8 Å². The minimum absolute atomic E-state index is 0.0775. The highest BCUT2D eigenvalue weighted by atomic mass is 35.5. The highest BCUT2D eigenvalue weighted by Crippen LogP contribution is 2.18. The first kappa shape index (κ1) is 16.9. The third-order valence-electron chi connectivity index (χ3n) is 4.18. The Morgan fingerprint density at radius 1 is 1.46 bits per heavy atom. The summed E-state index contributed by atoms with van der Waals surface area (Å²) < 4.78 is 0. The summed E-state index contributed by atoms with van der Waals surface area (Å²) in [5, 5.41) is 19.5. The molecular formula is C16H21ClN6O. The van der Waals surface area contributed by atoms with Crippen LogP contribution >= 0.6 is 11.6 Å². The molecule has 1 aromatic carbocycles. The van der Waals surface area contributed by atoms with Crippen molar-refractivity contribution < 1.29 is 4.79 Å². The van der Waals surface area contributed by atoms with Crippen molar-refractivity contribution in [1.29, 1.82) is 0 Å². The zero-order chi connectivity index (χ0) is 16.9. The van der Waals surface area contributed by atoms with Crippen LogP contribution in [-0.4, -0.2) is 45.2 Å². The molecular weight excluding hydrogens is 328 g/mol. The standard InChI is InChI=1S/C16H21ClN6O/c1-2-14(16(24)19-10-13-4-3-9-18-13)23-21-15(20-22-23)11-5-7-12(17)8-6-11/h5-8,13-14,18H,2-4,9-10H2,1H3,(H,19,24). The number of rotatable bonds is 6. The Morgan fingerprint density at radius 3 is 2.92 bits per heavy atom. The first-order valence-corrected chi connectivity index (χ1v) is 8.61. The van der Waals surface area contributed by atoms with Crippen LogP contribution in [0.3, 0.4) is 0 Å². The van der Waals surface area contributed by atoms with E-state index in [4.69, 9.17) is 11.6 Å². The zero-order valence-electron chi connectivity index (χ0n) is 13.6. The summed E-state index contributed by atoms with van der Waals surface area (Å²) in [6, 6.07) is 7.11. The normalized spacial score (nSPS) is 18.5. The second kappa shape index (κ2) is 7.72. The highest BCUT2D eigenvalue weighted by molar-refractivity contribution is 6.30. The molecule has 0 aliphatic carbocycles. The molecule has 2 aromatic rings. The van der Waals surface area contributed by atoms with Crippen LogP contribution in [0.15, 0.2) is 24.3 Å². The lowest BCUT2D eigenvalue weighted by Gasteiger charge is -2.16. The molecule has 8 heteroatoms. The van der Waals surface area contributed by atoms with Crippen molar-refractivity contribution in [2.45, 2.75) is 38.3 Å². The molecule has 2 heterocycles. The van der Waals surface area contributed by atoms with Crippen molar-refractivity contribution >= 4 is 17.5 Å². The van der Waals surface area contributed by atoms with Gasteiger partial charge in [-0.1, -0.05) is 18.5 Å². The van der Waals surface area contributed by atoms with Crippen LogP contribution in [0.1, 0.15) is 32.2 Å². The first-order chi connectivity index (χ1) is 11.7. The third-order valence-corrected chi connectivity index (χ3v) is 4.44. The molecule has 1 amide bonds. The van der Waals surface area contributed by atoms with E-state index in [1.54, 1.807) is 12.1 Å². The molecule has 0 radical (unpaired) electrons. The SMILES string of the molecule is CCC(C(=O)NCC1CCCN1)n1nnc(-c2ccc(Cl)cc2)n1. The molecule has 1 saturated heterocycles. The summed E-state index contributed by atoms with van der Waals surface area (Å²) in [4.78, 5) is 13.8. The third kappa shape index (κ3) is 3.91. The van der Waals surface area contributed by atoms with Gasteiger partial charge in [0.05, 0.1) is 0 Å². The fraction of sp³-hybridized carbons (Fsp3) is 0.500. The number of amides is 1. The van der Waals surface area contributed by atoms with Gasteiger partial charge in [-0.25, -0.2) is 0 Å². The Morgan fingerprint density at radius 2 is 2.25 bits per heavy atom. The van der Waals surface area contributed by atoms with Gasteiger partial charge in [0.15, 0.2) is 6.04 Å². The van der Waals surface area contributed by atoms with Crippen molar-refractivity contribution in [2.24, 2.45) is 0 Å². The van der Waals surface area contributed by atoms with Gasteiger partial charge in [-0.2, -0.15) is 4.80 Å². The van der Waals surface area contributed by atoms with E-state index in [1.807, 2.05) is 19.1 Å². The molecule has 1 aromatic heterocycles. The summed E-state index contributed by atoms with van der Waals surface area (Å²) in [6.07, 6.45) is 2.85. The monoisotopic (exact) mass is 348 g/mol. The van der Waals surface area contributed by atoms with E-state index < -0.39 is 6.04 Å². The van der Waals surface area contributed by atoms with Gasteiger partial charge in [0.25, 0.3) is 0 Å². The van der Waals surface area contributed by atoms with Gasteiger partial charge in [-0.15, -0.1) is 10.2 Å². The molecule has 1 aliphatic rings. The van der Waals surface area contributed by atoms with Gasteiger partial charge in [0.2, 0.25) is 11.7 Å². The van der Waals surface area contributed by atoms with Crippen LogP contribution in [0.5, 0.6) is 0 Å². The minimum atomic E-state index is -0.458. The lowest BCUT2D eigenvalue weighted by Crippen LogP contribution is -2.40. The number of hydrogen-bond acceptors (Lipinski definition) is 5. The van der Waals surface area contributed by atoms with Crippen LogP contribution in [0.25, 0.3) is 11.4 Å². The van der Waals surface area contributed by atoms with E-state index in [0.717, 1.165) is 24.9 Å². The van der Waals surface area contributed by atoms with Gasteiger partial charge in [-0.05, 0) is 55.3 Å². The number of tetrazole rings is 1. The fourth-order valence-electron chi connectivity index (χ4n) is 2.80. The molecule has 1 fully saturated rings. The van der Waals surface area contributed by atoms with Gasteiger partial charge in [0, 0.05) is 23.2 Å². The summed E-state index contributed by atoms with van der Waals surface area (Å²) in [5.41, 5.74) is 0.816. The maximum Gasteiger partial charge on any atom is 0.246 e. The van der Waals surface area contributed by atoms with Crippen LogP contribution in [0.4, 0.5) is 0 Å². The van der Waals surface area contributed by atoms with E-state index in [9.17, 15) is 4.79 Å². The van der Waals surface area contributed by atoms with Gasteiger partial charge < -0.3 is 10.6 Å². The predicted molar refractivity (Wildman–Crippen MR) is 91.6 cm³/mol. The van der Waals surface area contributed by atoms with E-state index in [0.29, 0.717) is 29.9 Å². The maximum absolute atomic E-state index is 12.4. The van der Waals surface area contributed by atoms with E-state index in [2.05, 4.69) is 26.0 Å². The second-order valence-corrected chi connectivity index (χ2v) is 6.34. The van der Waals surface area contributed by atoms with Crippen molar-refractivity contribution in [2.75, 3.05) is 13.1 Å². The van der Waals surface area contributed by atoms with E-state index in [-0.39, 0.29) is 5.91 Å². The fourth-order valence-corrected chi connectivity index (χ4v) is 2.92. The van der Waals surface area contributed by atoms with Crippen LogP contribution < -0.4 is 10.6 Å². The quantitative estimate of drug-likeness (QED) is 0.831. The number of carbonyl (C=O) groups is 1. The number of hydrogen-bond donors (Lipinski definition) is 2. The summed E-state index contributed by atoms with van der Waals surface area (Å²) in [6.45, 7) is 3.59. The summed E-state index contributed by atoms with van der Waals surface area (Å²) in [7, 11) is 0. The molecule has 2 unspecified atom stereocenters. The maximum atomic E-state index is 12.4. The smallest absolute Gasteiger partial charge is 0.246 e. The molecule has 0 saturated carbocycles. The Kier molecular flexibility index (Phi) is 5.42. The van der Waals surface area contributed by atoms with Gasteiger partial charge in [0.1, 0.15) is 0 Å². The molecule has 0 spiro atoms. The highest BCUT2D eigenvalue weighted by Gasteiger charge is 2.23. The number of carbonyl (C=O) groups excluding carboxylic acids is 1. The first-order valence-electron chi connectivity index (χ1n) is 8.24. The average molecular weight is 349 g/mol. The van der Waals surface area contributed by atoms with Crippen molar-refractivity contribution in [3.63, 3.8) is 0 Å². The summed E-state index contributed by atoms with van der Waals surface area (Å²) >= 11 is 5.89. The number of aromatic nitrogens is 4. The topological polar surface area (TPSA) is 84.7 Å². The Hall–Kier alpha value is -1.99. The molecule has 128 valence electrons. The van der Waals surface area contributed by atoms with E-state index >= 15 is 0 Å². The molecule has 0 bridgehead atoms. The van der Waals surface area contributed by atoms with E-state index in [1.165, 1.54) is 4.80 Å². The molecule has 2 N–H and O–H groups in total. The summed E-state index contributed by atoms with van der Waals surface area (Å²) in [5.74, 6) is 0.404. The number of nitrogens with one attached hydrogen (secondary N) is 2. The molecule has 7 nitrogen and oxygen atoms in total.